The summed E-state index contributed by atoms with van der Waals surface area (Å²) in [5, 5.41) is 13.7. The summed E-state index contributed by atoms with van der Waals surface area (Å²) in [5.74, 6) is -0.311. The Kier molecular flexibility index (Phi) is 6.29. The lowest BCUT2D eigenvalue weighted by molar-refractivity contribution is -0.274. The zero-order valence-corrected chi connectivity index (χ0v) is 11.4. The molecule has 118 valence electrons. The molecular formula is C13H17F3N2O3. The molecule has 3 N–H and O–H groups in total. The van der Waals surface area contributed by atoms with Gasteiger partial charge in [0, 0.05) is 24.9 Å². The Bertz CT molecular complexity index is 466. The fourth-order valence-electron chi connectivity index (χ4n) is 1.54. The number of nitrogens with one attached hydrogen (secondary N) is 2. The second-order valence-corrected chi connectivity index (χ2v) is 4.53. The van der Waals surface area contributed by atoms with Crippen molar-refractivity contribution in [3.63, 3.8) is 0 Å². The molecule has 2 amide bonds. The van der Waals surface area contributed by atoms with Crippen LogP contribution >= 0.6 is 0 Å². The minimum atomic E-state index is -4.78. The van der Waals surface area contributed by atoms with Crippen molar-refractivity contribution in [2.45, 2.75) is 19.7 Å². The number of urea groups is 1. The normalized spacial score (nSPS) is 12.6. The molecule has 0 aromatic heterocycles. The van der Waals surface area contributed by atoms with Crippen LogP contribution in [0.2, 0.25) is 0 Å². The van der Waals surface area contributed by atoms with E-state index in [-0.39, 0.29) is 18.2 Å². The molecule has 21 heavy (non-hydrogen) atoms. The van der Waals surface area contributed by atoms with Crippen molar-refractivity contribution < 1.29 is 27.8 Å². The van der Waals surface area contributed by atoms with Gasteiger partial charge in [0.25, 0.3) is 0 Å². The lowest BCUT2D eigenvalue weighted by atomic mass is 10.1. The molecule has 0 saturated heterocycles. The maximum Gasteiger partial charge on any atom is 0.573 e. The molecule has 0 fully saturated rings. The van der Waals surface area contributed by atoms with Crippen molar-refractivity contribution in [1.29, 1.82) is 0 Å². The summed E-state index contributed by atoms with van der Waals surface area (Å²) in [6.45, 7) is 2.24. The average molecular weight is 306 g/mol. The van der Waals surface area contributed by atoms with E-state index in [0.29, 0.717) is 13.0 Å². The van der Waals surface area contributed by atoms with Gasteiger partial charge >= 0.3 is 12.4 Å². The highest BCUT2D eigenvalue weighted by Crippen LogP contribution is 2.24. The summed E-state index contributed by atoms with van der Waals surface area (Å²) in [4.78, 5) is 11.6. The van der Waals surface area contributed by atoms with Gasteiger partial charge in [-0.15, -0.1) is 13.2 Å². The van der Waals surface area contributed by atoms with E-state index >= 15 is 0 Å². The van der Waals surface area contributed by atoms with E-state index in [0.717, 1.165) is 12.1 Å². The van der Waals surface area contributed by atoms with E-state index in [1.165, 1.54) is 12.1 Å². The molecule has 1 atom stereocenters. The van der Waals surface area contributed by atoms with Gasteiger partial charge in [0.1, 0.15) is 5.75 Å². The van der Waals surface area contributed by atoms with E-state index < -0.39 is 18.1 Å². The summed E-state index contributed by atoms with van der Waals surface area (Å²) in [6.07, 6.45) is -4.23. The van der Waals surface area contributed by atoms with E-state index in [1.54, 1.807) is 0 Å². The van der Waals surface area contributed by atoms with Crippen LogP contribution in [0.4, 0.5) is 23.7 Å². The Morgan fingerprint density at radius 3 is 2.76 bits per heavy atom. The van der Waals surface area contributed by atoms with Crippen molar-refractivity contribution in [3.05, 3.63) is 24.3 Å². The van der Waals surface area contributed by atoms with Crippen LogP contribution in [0.3, 0.4) is 0 Å². The maximum absolute atomic E-state index is 12.1. The lowest BCUT2D eigenvalue weighted by Gasteiger charge is -2.13. The molecule has 0 spiro atoms. The van der Waals surface area contributed by atoms with Gasteiger partial charge in [-0.3, -0.25) is 0 Å². The summed E-state index contributed by atoms with van der Waals surface area (Å²) in [7, 11) is 0. The van der Waals surface area contributed by atoms with E-state index in [1.807, 2.05) is 6.92 Å². The van der Waals surface area contributed by atoms with Crippen LogP contribution in [-0.2, 0) is 0 Å². The first-order valence-electron chi connectivity index (χ1n) is 6.31. The molecule has 0 bridgehead atoms. The van der Waals surface area contributed by atoms with Crippen LogP contribution in [0.5, 0.6) is 5.75 Å². The molecule has 1 unspecified atom stereocenters. The molecule has 5 nitrogen and oxygen atoms in total. The van der Waals surface area contributed by atoms with Crippen LogP contribution in [0, 0.1) is 5.92 Å². The van der Waals surface area contributed by atoms with Crippen molar-refractivity contribution in [2.75, 3.05) is 18.5 Å². The number of halogens is 3. The Morgan fingerprint density at radius 2 is 2.14 bits per heavy atom. The molecule has 0 aliphatic heterocycles. The minimum Gasteiger partial charge on any atom is -0.406 e. The molecule has 0 radical (unpaired) electrons. The molecule has 0 heterocycles. The third-order valence-corrected chi connectivity index (χ3v) is 2.56. The van der Waals surface area contributed by atoms with Gasteiger partial charge in [0.2, 0.25) is 0 Å². The fourth-order valence-corrected chi connectivity index (χ4v) is 1.54. The number of amides is 2. The number of ether oxygens (including phenoxy) is 1. The molecular weight excluding hydrogens is 289 g/mol. The van der Waals surface area contributed by atoms with Gasteiger partial charge in [-0.2, -0.15) is 0 Å². The summed E-state index contributed by atoms with van der Waals surface area (Å²) in [6, 6.07) is 4.46. The topological polar surface area (TPSA) is 70.6 Å². The van der Waals surface area contributed by atoms with Crippen molar-refractivity contribution in [1.82, 2.24) is 5.32 Å². The third-order valence-electron chi connectivity index (χ3n) is 2.56. The molecule has 8 heteroatoms. The number of aliphatic hydroxyl groups is 1. The number of hydrogen-bond acceptors (Lipinski definition) is 3. The molecule has 0 aliphatic carbocycles. The largest absolute Gasteiger partial charge is 0.573 e. The highest BCUT2D eigenvalue weighted by Gasteiger charge is 2.31. The number of benzene rings is 1. The first kappa shape index (κ1) is 17.1. The zero-order chi connectivity index (χ0) is 15.9. The fraction of sp³-hybridized carbons (Fsp3) is 0.462. The van der Waals surface area contributed by atoms with Gasteiger partial charge in [-0.25, -0.2) is 4.79 Å². The SMILES string of the molecule is CC(CCO)CNC(=O)Nc1cccc(OC(F)(F)F)c1. The maximum atomic E-state index is 12.1. The van der Waals surface area contributed by atoms with Gasteiger partial charge in [-0.05, 0) is 24.5 Å². The molecule has 0 saturated carbocycles. The first-order chi connectivity index (χ1) is 9.80. The third kappa shape index (κ3) is 7.40. The molecule has 0 aliphatic rings. The van der Waals surface area contributed by atoms with Crippen molar-refractivity contribution in [2.24, 2.45) is 5.92 Å². The number of carbonyl (C=O) groups is 1. The summed E-state index contributed by atoms with van der Waals surface area (Å²) >= 11 is 0. The summed E-state index contributed by atoms with van der Waals surface area (Å²) in [5.41, 5.74) is 0.184. The van der Waals surface area contributed by atoms with Gasteiger partial charge in [-0.1, -0.05) is 13.0 Å². The molecule has 1 aromatic carbocycles. The second-order valence-electron chi connectivity index (χ2n) is 4.53. The predicted molar refractivity (Wildman–Crippen MR) is 71.0 cm³/mol. The average Bonchev–Trinajstić information content (AvgIpc) is 2.35. The van der Waals surface area contributed by atoms with E-state index in [4.69, 9.17) is 5.11 Å². The quantitative estimate of drug-likeness (QED) is 0.757. The Morgan fingerprint density at radius 1 is 1.43 bits per heavy atom. The van der Waals surface area contributed by atoms with Crippen LogP contribution < -0.4 is 15.4 Å². The monoisotopic (exact) mass is 306 g/mol. The molecule has 1 rings (SSSR count). The van der Waals surface area contributed by atoms with E-state index in [9.17, 15) is 18.0 Å². The standard InChI is InChI=1S/C13H17F3N2O3/c1-9(5-6-19)8-17-12(20)18-10-3-2-4-11(7-10)21-13(14,15)16/h2-4,7,9,19H,5-6,8H2,1H3,(H2,17,18,20). The van der Waals surface area contributed by atoms with E-state index in [2.05, 4.69) is 15.4 Å². The van der Waals surface area contributed by atoms with Crippen LogP contribution in [0.25, 0.3) is 0 Å². The van der Waals surface area contributed by atoms with Gasteiger partial charge in [0.05, 0.1) is 0 Å². The Balaban J connectivity index is 2.51. The number of aliphatic hydroxyl groups excluding tert-OH is 1. The second kappa shape index (κ2) is 7.72. The Hall–Kier alpha value is -1.96. The molecule has 1 aromatic rings. The van der Waals surface area contributed by atoms with Crippen LogP contribution in [0.1, 0.15) is 13.3 Å². The lowest BCUT2D eigenvalue weighted by Crippen LogP contribution is -2.32. The number of anilines is 1. The van der Waals surface area contributed by atoms with Crippen LogP contribution in [0.15, 0.2) is 24.3 Å². The minimum absolute atomic E-state index is 0.0291. The Labute approximate surface area is 120 Å². The van der Waals surface area contributed by atoms with Gasteiger partial charge in [0.15, 0.2) is 0 Å². The summed E-state index contributed by atoms with van der Waals surface area (Å²) < 4.78 is 40.0. The smallest absolute Gasteiger partial charge is 0.406 e. The van der Waals surface area contributed by atoms with Crippen molar-refractivity contribution in [3.8, 4) is 5.75 Å². The predicted octanol–water partition coefficient (Wildman–Crippen LogP) is 2.73. The first-order valence-corrected chi connectivity index (χ1v) is 6.31. The zero-order valence-electron chi connectivity index (χ0n) is 11.4. The highest BCUT2D eigenvalue weighted by atomic mass is 19.4. The number of hydrogen-bond donors (Lipinski definition) is 3. The van der Waals surface area contributed by atoms with Crippen molar-refractivity contribution >= 4 is 11.7 Å². The number of rotatable bonds is 6. The number of carbonyl (C=O) groups excluding carboxylic acids is 1. The van der Waals surface area contributed by atoms with Gasteiger partial charge < -0.3 is 20.5 Å². The van der Waals surface area contributed by atoms with Crippen LogP contribution in [-0.4, -0.2) is 30.7 Å². The highest BCUT2D eigenvalue weighted by molar-refractivity contribution is 5.89. The number of alkyl halides is 3.